The van der Waals surface area contributed by atoms with Gasteiger partial charge in [0.15, 0.2) is 17.7 Å². The summed E-state index contributed by atoms with van der Waals surface area (Å²) in [5, 5.41) is 24.4. The number of nitrogens with one attached hydrogen (secondary N) is 4. The lowest BCUT2D eigenvalue weighted by atomic mass is 9.95. The summed E-state index contributed by atoms with van der Waals surface area (Å²) in [6.07, 6.45) is 4.48. The number of ether oxygens (including phenoxy) is 3. The first kappa shape index (κ1) is 37.2. The number of amides is 3. The predicted molar refractivity (Wildman–Crippen MR) is 203 cm³/mol. The Morgan fingerprint density at radius 3 is 2.60 bits per heavy atom. The highest BCUT2D eigenvalue weighted by molar-refractivity contribution is 7.15. The second-order valence-corrected chi connectivity index (χ2v) is 13.9. The number of anilines is 1. The number of esters is 1. The van der Waals surface area contributed by atoms with Gasteiger partial charge in [0.25, 0.3) is 5.91 Å². The van der Waals surface area contributed by atoms with Crippen LogP contribution in [0.4, 0.5) is 10.5 Å². The van der Waals surface area contributed by atoms with E-state index in [1.807, 2.05) is 57.2 Å². The Balaban J connectivity index is 1.15. The molecular weight excluding hydrogens is 697 g/mol. The number of aliphatic hydroxyl groups excluding tert-OH is 1. The van der Waals surface area contributed by atoms with Gasteiger partial charge in [0, 0.05) is 33.2 Å². The van der Waals surface area contributed by atoms with Gasteiger partial charge in [-0.2, -0.15) is 5.10 Å². The number of allylic oxidation sites excluding steroid dienone is 1. The van der Waals surface area contributed by atoms with E-state index in [1.54, 1.807) is 42.7 Å². The van der Waals surface area contributed by atoms with Crippen molar-refractivity contribution in [2.45, 2.75) is 65.6 Å². The number of carbonyl (C=O) groups is 3. The molecule has 13 nitrogen and oxygen atoms in total. The van der Waals surface area contributed by atoms with Crippen LogP contribution >= 0.6 is 11.3 Å². The Bertz CT molecular complexity index is 2070. The Kier molecular flexibility index (Phi) is 11.5. The molecule has 0 spiro atoms. The lowest BCUT2D eigenvalue weighted by molar-refractivity contribution is -0.136. The first-order chi connectivity index (χ1) is 25.6. The maximum Gasteiger partial charge on any atom is 0.337 e. The average Bonchev–Trinajstić information content (AvgIpc) is 3.66. The van der Waals surface area contributed by atoms with E-state index in [0.717, 1.165) is 64.4 Å². The SMILES string of the molecule is CCOc1cc([C@@H]2NC(=O)NC(C)=C2C(=O)OC)ccc1OC[C@@H](O)N/N=C\c1cc(C)n(-c2sc3c(c2C(=O)Nc2ccccc2)CCCC3)c1C. The molecule has 0 bridgehead atoms. The van der Waals surface area contributed by atoms with Crippen molar-refractivity contribution in [3.8, 4) is 16.5 Å². The summed E-state index contributed by atoms with van der Waals surface area (Å²) in [5.74, 6) is 0.0394. The van der Waals surface area contributed by atoms with E-state index in [4.69, 9.17) is 14.2 Å². The second-order valence-electron chi connectivity index (χ2n) is 12.8. The van der Waals surface area contributed by atoms with Gasteiger partial charge in [0.2, 0.25) is 0 Å². The molecule has 1 aliphatic heterocycles. The topological polar surface area (TPSA) is 165 Å². The molecule has 2 aromatic carbocycles. The van der Waals surface area contributed by atoms with Gasteiger partial charge in [0.1, 0.15) is 11.6 Å². The minimum atomic E-state index is -1.17. The maximum atomic E-state index is 13.8. The molecular formula is C39H44N6O7S. The number of thiophene rings is 1. The minimum Gasteiger partial charge on any atom is -0.490 e. The second kappa shape index (κ2) is 16.4. The van der Waals surface area contributed by atoms with Crippen molar-refractivity contribution in [1.29, 1.82) is 0 Å². The quantitative estimate of drug-likeness (QED) is 0.0497. The van der Waals surface area contributed by atoms with Crippen molar-refractivity contribution >= 4 is 41.1 Å². The van der Waals surface area contributed by atoms with Gasteiger partial charge in [-0.3, -0.25) is 10.2 Å². The Morgan fingerprint density at radius 1 is 1.08 bits per heavy atom. The first-order valence-corrected chi connectivity index (χ1v) is 18.3. The smallest absolute Gasteiger partial charge is 0.337 e. The van der Waals surface area contributed by atoms with Crippen molar-refractivity contribution in [3.05, 3.63) is 104 Å². The number of benzene rings is 2. The summed E-state index contributed by atoms with van der Waals surface area (Å²) in [4.78, 5) is 39.8. The van der Waals surface area contributed by atoms with E-state index in [1.165, 1.54) is 12.0 Å². The van der Waals surface area contributed by atoms with Gasteiger partial charge in [0.05, 0.1) is 37.1 Å². The number of aliphatic hydroxyl groups is 1. The number of para-hydroxylation sites is 1. The fourth-order valence-electron chi connectivity index (χ4n) is 6.70. The van der Waals surface area contributed by atoms with Crippen LogP contribution in [0, 0.1) is 13.8 Å². The standard InChI is InChI=1S/C39H44N6O7S/c1-6-51-30-19-25(35-33(38(48)50-5)23(3)41-39(49)43-35)16-17-29(30)52-21-32(46)44-40-20-26-18-22(2)45(24(26)4)37-34(28-14-10-11-15-31(28)53-37)36(47)42-27-12-8-7-9-13-27/h7-9,12-13,16-20,32,35,44,46H,6,10-11,14-15,21H2,1-5H3,(H,42,47)(H2,41,43,49)/b40-20-/t32-,35+/m1/s1. The van der Waals surface area contributed by atoms with Crippen molar-refractivity contribution in [2.24, 2.45) is 5.10 Å². The van der Waals surface area contributed by atoms with E-state index in [9.17, 15) is 19.5 Å². The summed E-state index contributed by atoms with van der Waals surface area (Å²) in [6, 6.07) is 15.3. The van der Waals surface area contributed by atoms with E-state index in [-0.39, 0.29) is 18.1 Å². The highest BCUT2D eigenvalue weighted by Crippen LogP contribution is 2.39. The van der Waals surface area contributed by atoms with Crippen molar-refractivity contribution in [2.75, 3.05) is 25.6 Å². The van der Waals surface area contributed by atoms with Crippen LogP contribution in [0.25, 0.3) is 5.00 Å². The summed E-state index contributed by atoms with van der Waals surface area (Å²) >= 11 is 1.68. The fraction of sp³-hybridized carbons (Fsp3) is 0.333. The third-order valence-corrected chi connectivity index (χ3v) is 10.5. The number of aromatic nitrogens is 1. The lowest BCUT2D eigenvalue weighted by Crippen LogP contribution is -2.45. The van der Waals surface area contributed by atoms with Crippen LogP contribution in [0.2, 0.25) is 0 Å². The predicted octanol–water partition coefficient (Wildman–Crippen LogP) is 5.81. The van der Waals surface area contributed by atoms with E-state index >= 15 is 0 Å². The van der Waals surface area contributed by atoms with Gasteiger partial charge < -0.3 is 39.8 Å². The van der Waals surface area contributed by atoms with Gasteiger partial charge in [-0.05, 0) is 94.8 Å². The van der Waals surface area contributed by atoms with Gasteiger partial charge in [-0.15, -0.1) is 11.3 Å². The average molecular weight is 741 g/mol. The zero-order valence-corrected chi connectivity index (χ0v) is 31.2. The molecule has 0 saturated carbocycles. The fourth-order valence-corrected chi connectivity index (χ4v) is 8.20. The zero-order valence-electron chi connectivity index (χ0n) is 30.4. The number of aryl methyl sites for hydroxylation is 2. The molecule has 0 fully saturated rings. The zero-order chi connectivity index (χ0) is 37.6. The molecule has 278 valence electrons. The van der Waals surface area contributed by atoms with Crippen LogP contribution in [-0.4, -0.2) is 60.3 Å². The summed E-state index contributed by atoms with van der Waals surface area (Å²) in [5.41, 5.74) is 9.28. The molecule has 6 rings (SSSR count). The molecule has 0 radical (unpaired) electrons. The van der Waals surface area contributed by atoms with Crippen molar-refractivity contribution < 1.29 is 33.7 Å². The molecule has 2 atom stereocenters. The molecule has 0 saturated heterocycles. The molecule has 3 amide bonds. The molecule has 53 heavy (non-hydrogen) atoms. The van der Waals surface area contributed by atoms with Crippen molar-refractivity contribution in [3.63, 3.8) is 0 Å². The van der Waals surface area contributed by atoms with Crippen LogP contribution in [0.3, 0.4) is 0 Å². The van der Waals surface area contributed by atoms with Gasteiger partial charge >= 0.3 is 12.0 Å². The number of methoxy groups -OCH3 is 1. The highest BCUT2D eigenvalue weighted by Gasteiger charge is 2.33. The molecule has 14 heteroatoms. The third-order valence-electron chi connectivity index (χ3n) is 9.18. The largest absolute Gasteiger partial charge is 0.490 e. The van der Waals surface area contributed by atoms with Crippen LogP contribution in [-0.2, 0) is 22.4 Å². The molecule has 1 aliphatic carbocycles. The van der Waals surface area contributed by atoms with Gasteiger partial charge in [-0.1, -0.05) is 24.3 Å². The highest BCUT2D eigenvalue weighted by atomic mass is 32.1. The number of carbonyl (C=O) groups excluding carboxylic acids is 3. The molecule has 5 N–H and O–H groups in total. The maximum absolute atomic E-state index is 13.8. The van der Waals surface area contributed by atoms with E-state index < -0.39 is 24.3 Å². The Morgan fingerprint density at radius 2 is 1.85 bits per heavy atom. The summed E-state index contributed by atoms with van der Waals surface area (Å²) in [7, 11) is 1.28. The Labute approximate surface area is 312 Å². The van der Waals surface area contributed by atoms with Gasteiger partial charge in [-0.25, -0.2) is 9.59 Å². The normalized spacial score (nSPS) is 16.0. The number of nitrogens with zero attached hydrogens (tertiary/aromatic N) is 2. The first-order valence-electron chi connectivity index (χ1n) is 17.5. The molecule has 0 unspecified atom stereocenters. The minimum absolute atomic E-state index is 0.115. The third kappa shape index (κ3) is 8.08. The summed E-state index contributed by atoms with van der Waals surface area (Å²) in [6.45, 7) is 7.62. The van der Waals surface area contributed by atoms with Crippen LogP contribution in [0.1, 0.15) is 76.0 Å². The van der Waals surface area contributed by atoms with E-state index in [0.29, 0.717) is 29.4 Å². The van der Waals surface area contributed by atoms with Crippen LogP contribution < -0.4 is 30.8 Å². The Hall–Kier alpha value is -5.60. The number of rotatable bonds is 13. The number of hydrogen-bond donors (Lipinski definition) is 5. The molecule has 3 heterocycles. The van der Waals surface area contributed by atoms with E-state index in [2.05, 4.69) is 31.0 Å². The van der Waals surface area contributed by atoms with Crippen LogP contribution in [0.5, 0.6) is 11.5 Å². The number of urea groups is 1. The molecule has 2 aliphatic rings. The lowest BCUT2D eigenvalue weighted by Gasteiger charge is -2.28. The monoisotopic (exact) mass is 740 g/mol. The molecule has 4 aromatic rings. The number of hydrogen-bond acceptors (Lipinski definition) is 10. The molecule has 2 aromatic heterocycles. The number of hydrazone groups is 1. The summed E-state index contributed by atoms with van der Waals surface area (Å²) < 4.78 is 18.8. The number of fused-ring (bicyclic) bond motifs is 1. The van der Waals surface area contributed by atoms with Crippen molar-refractivity contribution in [1.82, 2.24) is 20.6 Å². The van der Waals surface area contributed by atoms with Crippen LogP contribution in [0.15, 0.2) is 71.0 Å².